The van der Waals surface area contributed by atoms with Crippen molar-refractivity contribution < 1.29 is 8.42 Å². The summed E-state index contributed by atoms with van der Waals surface area (Å²) in [6.45, 7) is 3.55. The van der Waals surface area contributed by atoms with E-state index in [1.54, 1.807) is 15.2 Å². The minimum Gasteiger partial charge on any atom is -0.316 e. The molecule has 2 aromatic rings. The fraction of sp³-hybridized carbons (Fsp3) is 0.667. The topological polar surface area (TPSA) is 85.9 Å². The molecule has 0 bridgehead atoms. The van der Waals surface area contributed by atoms with Gasteiger partial charge in [-0.15, -0.1) is 10.2 Å². The molecule has 1 saturated heterocycles. The number of rotatable bonds is 6. The summed E-state index contributed by atoms with van der Waals surface area (Å²) >= 11 is 0. The molecular formula is C15H24N6O2S. The zero-order valence-corrected chi connectivity index (χ0v) is 15.0. The van der Waals surface area contributed by atoms with Gasteiger partial charge in [-0.3, -0.25) is 4.68 Å². The Morgan fingerprint density at radius 2 is 2.17 bits per heavy atom. The van der Waals surface area contributed by atoms with Crippen LogP contribution in [0.1, 0.15) is 43.8 Å². The smallest absolute Gasteiger partial charge is 0.214 e. The summed E-state index contributed by atoms with van der Waals surface area (Å²) in [5, 5.41) is 12.8. The molecule has 8 nitrogen and oxygen atoms in total. The van der Waals surface area contributed by atoms with Gasteiger partial charge in [-0.25, -0.2) is 12.7 Å². The second kappa shape index (κ2) is 7.02. The summed E-state index contributed by atoms with van der Waals surface area (Å²) < 4.78 is 30.1. The summed E-state index contributed by atoms with van der Waals surface area (Å²) in [6, 6.07) is 1.87. The average molecular weight is 352 g/mol. The highest BCUT2D eigenvalue weighted by molar-refractivity contribution is 7.89. The van der Waals surface area contributed by atoms with Crippen molar-refractivity contribution in [3.05, 3.63) is 30.1 Å². The molecule has 3 rings (SSSR count). The van der Waals surface area contributed by atoms with Crippen molar-refractivity contribution in [3.63, 3.8) is 0 Å². The first-order chi connectivity index (χ1) is 11.5. The van der Waals surface area contributed by atoms with Crippen LogP contribution < -0.4 is 0 Å². The van der Waals surface area contributed by atoms with Gasteiger partial charge in [-0.2, -0.15) is 5.10 Å². The van der Waals surface area contributed by atoms with Crippen LogP contribution in [-0.4, -0.2) is 56.1 Å². The number of nitrogens with zero attached hydrogens (tertiary/aromatic N) is 6. The summed E-state index contributed by atoms with van der Waals surface area (Å²) in [4.78, 5) is 0. The molecule has 0 saturated carbocycles. The SMILES string of the molecule is CCCS(=O)(=O)N1CCC[C@@H](c2nnc(Cn3cccn3)n2C)C1. The molecule has 0 amide bonds. The van der Waals surface area contributed by atoms with Crippen molar-refractivity contribution in [2.75, 3.05) is 18.8 Å². The van der Waals surface area contributed by atoms with E-state index in [2.05, 4.69) is 15.3 Å². The van der Waals surface area contributed by atoms with E-state index in [0.717, 1.165) is 24.5 Å². The molecule has 0 unspecified atom stereocenters. The lowest BCUT2D eigenvalue weighted by atomic mass is 9.99. The predicted octanol–water partition coefficient (Wildman–Crippen LogP) is 0.979. The van der Waals surface area contributed by atoms with Crippen molar-refractivity contribution in [2.45, 2.75) is 38.6 Å². The van der Waals surface area contributed by atoms with Crippen molar-refractivity contribution in [3.8, 4) is 0 Å². The maximum atomic E-state index is 12.3. The molecule has 132 valence electrons. The summed E-state index contributed by atoms with van der Waals surface area (Å²) in [5.74, 6) is 1.98. The van der Waals surface area contributed by atoms with E-state index in [1.807, 2.05) is 30.8 Å². The van der Waals surface area contributed by atoms with Gasteiger partial charge in [-0.05, 0) is 25.3 Å². The molecule has 24 heavy (non-hydrogen) atoms. The molecule has 3 heterocycles. The van der Waals surface area contributed by atoms with Crippen molar-refractivity contribution in [1.29, 1.82) is 0 Å². The number of hydrogen-bond donors (Lipinski definition) is 0. The van der Waals surface area contributed by atoms with Gasteiger partial charge in [0.1, 0.15) is 12.4 Å². The van der Waals surface area contributed by atoms with E-state index in [-0.39, 0.29) is 11.7 Å². The van der Waals surface area contributed by atoms with E-state index in [0.29, 0.717) is 26.1 Å². The predicted molar refractivity (Wildman–Crippen MR) is 90.0 cm³/mol. The lowest BCUT2D eigenvalue weighted by Crippen LogP contribution is -2.40. The normalized spacial score (nSPS) is 19.7. The Labute approximate surface area is 142 Å². The highest BCUT2D eigenvalue weighted by atomic mass is 32.2. The number of piperidine rings is 1. The van der Waals surface area contributed by atoms with Gasteiger partial charge in [0.25, 0.3) is 0 Å². The maximum Gasteiger partial charge on any atom is 0.214 e. The lowest BCUT2D eigenvalue weighted by Gasteiger charge is -2.31. The lowest BCUT2D eigenvalue weighted by molar-refractivity contribution is 0.305. The molecule has 2 aromatic heterocycles. The molecule has 1 aliphatic rings. The minimum absolute atomic E-state index is 0.0919. The third-order valence-corrected chi connectivity index (χ3v) is 6.51. The van der Waals surface area contributed by atoms with E-state index in [4.69, 9.17) is 0 Å². The molecule has 1 atom stereocenters. The molecule has 0 N–H and O–H groups in total. The Morgan fingerprint density at radius 3 is 2.88 bits per heavy atom. The Morgan fingerprint density at radius 1 is 1.33 bits per heavy atom. The van der Waals surface area contributed by atoms with Crippen LogP contribution in [0.25, 0.3) is 0 Å². The van der Waals surface area contributed by atoms with Crippen LogP contribution in [0.15, 0.2) is 18.5 Å². The Hall–Kier alpha value is -1.74. The van der Waals surface area contributed by atoms with Gasteiger partial charge >= 0.3 is 0 Å². The number of aromatic nitrogens is 5. The molecule has 0 aliphatic carbocycles. The molecule has 9 heteroatoms. The minimum atomic E-state index is -3.16. The van der Waals surface area contributed by atoms with Crippen LogP contribution in [0.5, 0.6) is 0 Å². The number of hydrogen-bond acceptors (Lipinski definition) is 5. The van der Waals surface area contributed by atoms with Crippen LogP contribution in [-0.2, 0) is 23.6 Å². The monoisotopic (exact) mass is 352 g/mol. The van der Waals surface area contributed by atoms with Gasteiger partial charge < -0.3 is 4.57 Å². The van der Waals surface area contributed by atoms with Gasteiger partial charge in [0.2, 0.25) is 10.0 Å². The van der Waals surface area contributed by atoms with Crippen LogP contribution >= 0.6 is 0 Å². The first-order valence-electron chi connectivity index (χ1n) is 8.34. The first kappa shape index (κ1) is 17.1. The third kappa shape index (κ3) is 3.51. The molecule has 1 aliphatic heterocycles. The Bertz CT molecular complexity index is 768. The maximum absolute atomic E-state index is 12.3. The van der Waals surface area contributed by atoms with E-state index >= 15 is 0 Å². The zero-order chi connectivity index (χ0) is 17.2. The van der Waals surface area contributed by atoms with Crippen molar-refractivity contribution >= 4 is 10.0 Å². The molecule has 0 spiro atoms. The van der Waals surface area contributed by atoms with Crippen molar-refractivity contribution in [2.24, 2.45) is 7.05 Å². The quantitative estimate of drug-likeness (QED) is 0.773. The third-order valence-electron chi connectivity index (χ3n) is 4.47. The summed E-state index contributed by atoms with van der Waals surface area (Å²) in [7, 11) is -1.22. The van der Waals surface area contributed by atoms with Crippen LogP contribution in [0.3, 0.4) is 0 Å². The van der Waals surface area contributed by atoms with Crippen molar-refractivity contribution in [1.82, 2.24) is 28.9 Å². The van der Waals surface area contributed by atoms with Gasteiger partial charge in [0.05, 0.1) is 5.75 Å². The van der Waals surface area contributed by atoms with Gasteiger partial charge in [0, 0.05) is 38.4 Å². The van der Waals surface area contributed by atoms with Crippen LogP contribution in [0.4, 0.5) is 0 Å². The van der Waals surface area contributed by atoms with E-state index in [9.17, 15) is 8.42 Å². The number of sulfonamides is 1. The molecule has 1 fully saturated rings. The van der Waals surface area contributed by atoms with Crippen LogP contribution in [0.2, 0.25) is 0 Å². The molecular weight excluding hydrogens is 328 g/mol. The standard InChI is InChI=1S/C15H24N6O2S/c1-3-10-24(22,23)21-9-4-6-13(11-21)15-18-17-14(19(15)2)12-20-8-5-7-16-20/h5,7-8,13H,3-4,6,9-12H2,1-2H3/t13-/m1/s1. The Balaban J connectivity index is 1.75. The summed E-state index contributed by atoms with van der Waals surface area (Å²) in [5.41, 5.74) is 0. The van der Waals surface area contributed by atoms with E-state index < -0.39 is 10.0 Å². The fourth-order valence-corrected chi connectivity index (χ4v) is 4.79. The molecule has 0 aromatic carbocycles. The summed E-state index contributed by atoms with van der Waals surface area (Å²) in [6.07, 6.45) is 6.05. The van der Waals surface area contributed by atoms with E-state index in [1.165, 1.54) is 0 Å². The van der Waals surface area contributed by atoms with Crippen LogP contribution in [0, 0.1) is 0 Å². The highest BCUT2D eigenvalue weighted by Crippen LogP contribution is 2.27. The second-order valence-electron chi connectivity index (χ2n) is 6.25. The highest BCUT2D eigenvalue weighted by Gasteiger charge is 2.31. The van der Waals surface area contributed by atoms with Gasteiger partial charge in [0.15, 0.2) is 5.82 Å². The zero-order valence-electron chi connectivity index (χ0n) is 14.2. The Kier molecular flexibility index (Phi) is 5.00. The largest absolute Gasteiger partial charge is 0.316 e. The van der Waals surface area contributed by atoms with Gasteiger partial charge in [-0.1, -0.05) is 6.92 Å². The first-order valence-corrected chi connectivity index (χ1v) is 9.95. The molecule has 0 radical (unpaired) electrons. The fourth-order valence-electron chi connectivity index (χ4n) is 3.20. The average Bonchev–Trinajstić information content (AvgIpc) is 3.19. The second-order valence-corrected chi connectivity index (χ2v) is 8.34.